The average Bonchev–Trinajstić information content (AvgIpc) is 2.94. The molecule has 0 saturated carbocycles. The quantitative estimate of drug-likeness (QED) is 0.286. The van der Waals surface area contributed by atoms with Crippen molar-refractivity contribution in [3.63, 3.8) is 0 Å². The van der Waals surface area contributed by atoms with Crippen LogP contribution in [-0.2, 0) is 27.5 Å². The van der Waals surface area contributed by atoms with Gasteiger partial charge in [0, 0.05) is 56.4 Å². The number of nitrogens with zero attached hydrogens (tertiary/aromatic N) is 2. The number of piperidine rings is 1. The summed E-state index contributed by atoms with van der Waals surface area (Å²) >= 11 is 0. The number of carbonyl (C=O) groups is 4. The van der Waals surface area contributed by atoms with Crippen molar-refractivity contribution in [1.82, 2.24) is 15.5 Å². The van der Waals surface area contributed by atoms with Crippen molar-refractivity contribution < 1.29 is 23.9 Å². The molecule has 38 heavy (non-hydrogen) atoms. The standard InChI is InChI=1S/C29H32N4O5/c1-4-30-26(28(36)32-19-22-6-5-7-25(17-22)38-3)16-20(2)27(35)31-18-21-8-10-23(11-9-21)29(37)33-14-12-24(34)13-15-33/h4-11,16-17H,2,12-15,18-19H2,1,3H3,(H,31,35)(H,32,36)/b26-16-,30-4?. The summed E-state index contributed by atoms with van der Waals surface area (Å²) in [4.78, 5) is 55.0. The highest BCUT2D eigenvalue weighted by Gasteiger charge is 2.21. The highest BCUT2D eigenvalue weighted by Crippen LogP contribution is 2.14. The molecule has 0 aromatic heterocycles. The van der Waals surface area contributed by atoms with Gasteiger partial charge in [0.05, 0.1) is 7.11 Å². The van der Waals surface area contributed by atoms with Crippen LogP contribution in [0.3, 0.4) is 0 Å². The fourth-order valence-electron chi connectivity index (χ4n) is 3.79. The Kier molecular flexibility index (Phi) is 10.1. The molecule has 2 aromatic rings. The first-order valence-electron chi connectivity index (χ1n) is 12.3. The topological polar surface area (TPSA) is 117 Å². The van der Waals surface area contributed by atoms with E-state index in [9.17, 15) is 19.2 Å². The lowest BCUT2D eigenvalue weighted by atomic mass is 10.1. The number of benzene rings is 2. The fraction of sp³-hybridized carbons (Fsp3) is 0.276. The van der Waals surface area contributed by atoms with E-state index in [1.54, 1.807) is 43.2 Å². The van der Waals surface area contributed by atoms with Gasteiger partial charge in [-0.15, -0.1) is 0 Å². The summed E-state index contributed by atoms with van der Waals surface area (Å²) in [6.45, 7) is 6.80. The third-order valence-corrected chi connectivity index (χ3v) is 5.95. The third kappa shape index (κ3) is 7.99. The molecule has 0 bridgehead atoms. The van der Waals surface area contributed by atoms with Gasteiger partial charge < -0.3 is 20.3 Å². The molecule has 0 radical (unpaired) electrons. The summed E-state index contributed by atoms with van der Waals surface area (Å²) < 4.78 is 5.20. The van der Waals surface area contributed by atoms with Crippen LogP contribution >= 0.6 is 0 Å². The van der Waals surface area contributed by atoms with Crippen LogP contribution in [0.5, 0.6) is 5.75 Å². The van der Waals surface area contributed by atoms with Gasteiger partial charge in [0.1, 0.15) is 17.2 Å². The number of hydrogen-bond acceptors (Lipinski definition) is 6. The molecule has 0 aliphatic carbocycles. The Hall–Kier alpha value is -4.53. The maximum Gasteiger partial charge on any atom is 0.270 e. The van der Waals surface area contributed by atoms with Crippen molar-refractivity contribution in [2.24, 2.45) is 4.99 Å². The number of carbonyl (C=O) groups excluding carboxylic acids is 4. The molecule has 3 rings (SSSR count). The predicted octanol–water partition coefficient (Wildman–Crippen LogP) is 2.96. The highest BCUT2D eigenvalue weighted by molar-refractivity contribution is 6.00. The zero-order valence-corrected chi connectivity index (χ0v) is 21.7. The van der Waals surface area contributed by atoms with Crippen LogP contribution in [-0.4, -0.2) is 54.8 Å². The molecular weight excluding hydrogens is 484 g/mol. The number of Topliss-reactive ketones (excluding diaryl/α,β-unsaturated/α-hetero) is 1. The molecule has 1 heterocycles. The molecule has 198 valence electrons. The number of likely N-dealkylation sites (tertiary alicyclic amines) is 1. The molecule has 2 aromatic carbocycles. The SMILES string of the molecule is C=C(/C=C(\N=CC)C(=O)NCc1cccc(OC)c1)C(=O)NCc1ccc(C(=O)N2CCC(=O)CC2)cc1. The smallest absolute Gasteiger partial charge is 0.270 e. The molecule has 1 saturated heterocycles. The zero-order valence-electron chi connectivity index (χ0n) is 21.7. The van der Waals surface area contributed by atoms with E-state index in [0.29, 0.717) is 37.2 Å². The second-order valence-corrected chi connectivity index (χ2v) is 8.69. The fourth-order valence-corrected chi connectivity index (χ4v) is 3.79. The molecule has 1 fully saturated rings. The van der Waals surface area contributed by atoms with E-state index in [2.05, 4.69) is 22.2 Å². The molecular formula is C29H32N4O5. The Bertz CT molecular complexity index is 1250. The molecule has 1 aliphatic heterocycles. The van der Waals surface area contributed by atoms with Gasteiger partial charge in [0.25, 0.3) is 17.7 Å². The van der Waals surface area contributed by atoms with Gasteiger partial charge in [0.2, 0.25) is 0 Å². The number of ether oxygens (including phenoxy) is 1. The molecule has 0 spiro atoms. The molecule has 9 heteroatoms. The van der Waals surface area contributed by atoms with Crippen LogP contribution in [0.25, 0.3) is 0 Å². The first-order chi connectivity index (χ1) is 18.3. The van der Waals surface area contributed by atoms with Crippen molar-refractivity contribution in [3.8, 4) is 5.75 Å². The second kappa shape index (κ2) is 13.7. The van der Waals surface area contributed by atoms with E-state index in [-0.39, 0.29) is 36.1 Å². The van der Waals surface area contributed by atoms with Crippen LogP contribution in [0.1, 0.15) is 41.3 Å². The Labute approximate surface area is 222 Å². The number of hydrogen-bond donors (Lipinski definition) is 2. The van der Waals surface area contributed by atoms with E-state index in [1.807, 2.05) is 24.3 Å². The lowest BCUT2D eigenvalue weighted by Gasteiger charge is -2.26. The van der Waals surface area contributed by atoms with Gasteiger partial charge in [-0.2, -0.15) is 0 Å². The number of ketones is 1. The Morgan fingerprint density at radius 1 is 1.00 bits per heavy atom. The van der Waals surface area contributed by atoms with Gasteiger partial charge in [-0.25, -0.2) is 0 Å². The minimum absolute atomic E-state index is 0.0535. The number of methoxy groups -OCH3 is 1. The summed E-state index contributed by atoms with van der Waals surface area (Å²) in [6.07, 6.45) is 3.58. The lowest BCUT2D eigenvalue weighted by molar-refractivity contribution is -0.121. The van der Waals surface area contributed by atoms with Crippen LogP contribution < -0.4 is 15.4 Å². The zero-order chi connectivity index (χ0) is 27.5. The normalized spacial score (nSPS) is 13.8. The minimum Gasteiger partial charge on any atom is -0.497 e. The van der Waals surface area contributed by atoms with E-state index >= 15 is 0 Å². The van der Waals surface area contributed by atoms with E-state index in [0.717, 1.165) is 11.1 Å². The van der Waals surface area contributed by atoms with Gasteiger partial charge in [0.15, 0.2) is 0 Å². The van der Waals surface area contributed by atoms with Crippen LogP contribution in [0, 0.1) is 0 Å². The van der Waals surface area contributed by atoms with Crippen LogP contribution in [0.4, 0.5) is 0 Å². The summed E-state index contributed by atoms with van der Waals surface area (Å²) in [5.74, 6) is -0.143. The van der Waals surface area contributed by atoms with E-state index < -0.39 is 11.8 Å². The maximum absolute atomic E-state index is 12.7. The predicted molar refractivity (Wildman–Crippen MR) is 145 cm³/mol. The van der Waals surface area contributed by atoms with Gasteiger partial charge in [-0.05, 0) is 48.4 Å². The Morgan fingerprint density at radius 3 is 2.32 bits per heavy atom. The van der Waals surface area contributed by atoms with Crippen molar-refractivity contribution in [2.75, 3.05) is 20.2 Å². The summed E-state index contributed by atoms with van der Waals surface area (Å²) in [5, 5.41) is 5.54. The number of aliphatic imine (C=N–C) groups is 1. The molecule has 9 nitrogen and oxygen atoms in total. The van der Waals surface area contributed by atoms with Gasteiger partial charge in [-0.1, -0.05) is 30.8 Å². The number of rotatable bonds is 10. The molecule has 2 N–H and O–H groups in total. The largest absolute Gasteiger partial charge is 0.497 e. The monoisotopic (exact) mass is 516 g/mol. The van der Waals surface area contributed by atoms with Crippen molar-refractivity contribution >= 4 is 29.7 Å². The first-order valence-corrected chi connectivity index (χ1v) is 12.3. The van der Waals surface area contributed by atoms with Crippen molar-refractivity contribution in [1.29, 1.82) is 0 Å². The van der Waals surface area contributed by atoms with Crippen molar-refractivity contribution in [3.05, 3.63) is 89.1 Å². The molecule has 0 unspecified atom stereocenters. The average molecular weight is 517 g/mol. The van der Waals surface area contributed by atoms with Crippen LogP contribution in [0.15, 0.2) is 77.4 Å². The van der Waals surface area contributed by atoms with E-state index in [4.69, 9.17) is 4.74 Å². The number of amides is 3. The lowest BCUT2D eigenvalue weighted by Crippen LogP contribution is -2.38. The van der Waals surface area contributed by atoms with Crippen LogP contribution in [0.2, 0.25) is 0 Å². The Morgan fingerprint density at radius 2 is 1.66 bits per heavy atom. The first kappa shape index (κ1) is 28.0. The minimum atomic E-state index is -0.451. The van der Waals surface area contributed by atoms with Gasteiger partial charge >= 0.3 is 0 Å². The summed E-state index contributed by atoms with van der Waals surface area (Å²) in [7, 11) is 1.57. The molecule has 0 atom stereocenters. The Balaban J connectivity index is 1.54. The second-order valence-electron chi connectivity index (χ2n) is 8.69. The van der Waals surface area contributed by atoms with E-state index in [1.165, 1.54) is 12.3 Å². The summed E-state index contributed by atoms with van der Waals surface area (Å²) in [5.41, 5.74) is 2.31. The highest BCUT2D eigenvalue weighted by atomic mass is 16.5. The molecule has 3 amide bonds. The third-order valence-electron chi connectivity index (χ3n) is 5.95. The molecule has 1 aliphatic rings. The maximum atomic E-state index is 12.7. The number of nitrogens with one attached hydrogen (secondary N) is 2. The van der Waals surface area contributed by atoms with Crippen molar-refractivity contribution in [2.45, 2.75) is 32.9 Å². The van der Waals surface area contributed by atoms with Gasteiger partial charge in [-0.3, -0.25) is 24.2 Å². The summed E-state index contributed by atoms with van der Waals surface area (Å²) in [6, 6.07) is 14.3.